The quantitative estimate of drug-likeness (QED) is 0.753. The van der Waals surface area contributed by atoms with E-state index in [2.05, 4.69) is 22.2 Å². The van der Waals surface area contributed by atoms with Crippen molar-refractivity contribution < 1.29 is 19.1 Å². The Morgan fingerprint density at radius 3 is 2.68 bits per heavy atom. The Hall–Kier alpha value is -2.36. The Morgan fingerprint density at radius 1 is 1.19 bits per heavy atom. The summed E-state index contributed by atoms with van der Waals surface area (Å²) < 4.78 is 10.5. The Labute approximate surface area is 183 Å². The van der Waals surface area contributed by atoms with Gasteiger partial charge in [-0.05, 0) is 19.2 Å². The number of rotatable bonds is 5. The van der Waals surface area contributed by atoms with Crippen molar-refractivity contribution >= 4 is 17.6 Å². The van der Waals surface area contributed by atoms with E-state index in [-0.39, 0.29) is 23.6 Å². The molecular weight excluding hydrogens is 398 g/mol. The molecule has 1 N–H and O–H groups in total. The molecule has 0 aromatic heterocycles. The number of nitrogens with zero attached hydrogens (tertiary/aromatic N) is 4. The molecule has 3 aliphatic heterocycles. The van der Waals surface area contributed by atoms with Crippen LogP contribution in [0.1, 0.15) is 12.8 Å². The lowest BCUT2D eigenvalue weighted by Gasteiger charge is -2.50. The molecule has 9 heteroatoms. The highest BCUT2D eigenvalue weighted by Crippen LogP contribution is 2.41. The minimum Gasteiger partial charge on any atom is -0.497 e. The number of amides is 3. The van der Waals surface area contributed by atoms with Crippen molar-refractivity contribution in [3.05, 3.63) is 24.3 Å². The van der Waals surface area contributed by atoms with E-state index in [4.69, 9.17) is 9.47 Å². The highest BCUT2D eigenvalue weighted by molar-refractivity contribution is 5.90. The molecule has 9 nitrogen and oxygen atoms in total. The number of piperazine rings is 1. The van der Waals surface area contributed by atoms with Gasteiger partial charge in [0, 0.05) is 71.0 Å². The summed E-state index contributed by atoms with van der Waals surface area (Å²) in [7, 11) is 5.34. The van der Waals surface area contributed by atoms with Crippen molar-refractivity contribution in [1.29, 1.82) is 0 Å². The van der Waals surface area contributed by atoms with Gasteiger partial charge in [0.1, 0.15) is 17.5 Å². The van der Waals surface area contributed by atoms with E-state index in [1.165, 1.54) is 0 Å². The summed E-state index contributed by atoms with van der Waals surface area (Å²) in [5, 5.41) is 2.97. The van der Waals surface area contributed by atoms with Gasteiger partial charge in [0.15, 0.2) is 0 Å². The molecule has 1 spiro atoms. The van der Waals surface area contributed by atoms with Crippen LogP contribution in [0.2, 0.25) is 0 Å². The van der Waals surface area contributed by atoms with E-state index in [1.54, 1.807) is 20.3 Å². The number of piperidine rings is 1. The zero-order valence-corrected chi connectivity index (χ0v) is 18.7. The van der Waals surface area contributed by atoms with Crippen molar-refractivity contribution in [2.45, 2.75) is 24.5 Å². The summed E-state index contributed by atoms with van der Waals surface area (Å²) in [5.41, 5.74) is 0.385. The Kier molecular flexibility index (Phi) is 6.36. The smallest absolute Gasteiger partial charge is 0.321 e. The highest BCUT2D eigenvalue weighted by Gasteiger charge is 2.58. The second kappa shape index (κ2) is 9.02. The van der Waals surface area contributed by atoms with Crippen molar-refractivity contribution in [2.24, 2.45) is 0 Å². The first-order valence-electron chi connectivity index (χ1n) is 10.9. The van der Waals surface area contributed by atoms with Gasteiger partial charge in [-0.1, -0.05) is 6.07 Å². The number of likely N-dealkylation sites (N-methyl/N-ethyl adjacent to an activating group) is 1. The number of hydrogen-bond acceptors (Lipinski definition) is 6. The van der Waals surface area contributed by atoms with Gasteiger partial charge in [-0.25, -0.2) is 4.79 Å². The summed E-state index contributed by atoms with van der Waals surface area (Å²) in [6, 6.07) is 7.13. The van der Waals surface area contributed by atoms with E-state index in [9.17, 15) is 9.59 Å². The number of fused-ring (bicyclic) bond motifs is 2. The van der Waals surface area contributed by atoms with Gasteiger partial charge in [-0.3, -0.25) is 9.69 Å². The van der Waals surface area contributed by atoms with Crippen LogP contribution in [-0.4, -0.2) is 110 Å². The first kappa shape index (κ1) is 21.9. The number of likely N-dealkylation sites (tertiary alicyclic amines) is 1. The molecule has 3 amide bonds. The molecule has 0 radical (unpaired) electrons. The minimum absolute atomic E-state index is 0.104. The third kappa shape index (κ3) is 4.09. The molecule has 1 atom stereocenters. The van der Waals surface area contributed by atoms with E-state index in [0.717, 1.165) is 32.5 Å². The van der Waals surface area contributed by atoms with Crippen LogP contribution in [0.25, 0.3) is 0 Å². The lowest BCUT2D eigenvalue weighted by molar-refractivity contribution is -0.134. The fourth-order valence-electron chi connectivity index (χ4n) is 5.20. The number of carbonyl (C=O) groups is 2. The number of ether oxygens (including phenoxy) is 2. The zero-order valence-electron chi connectivity index (χ0n) is 18.7. The van der Waals surface area contributed by atoms with Crippen LogP contribution < -0.4 is 10.1 Å². The van der Waals surface area contributed by atoms with Crippen LogP contribution in [0.5, 0.6) is 5.75 Å². The number of hydrogen-bond donors (Lipinski definition) is 1. The third-order valence-electron chi connectivity index (χ3n) is 6.86. The molecule has 0 unspecified atom stereocenters. The van der Waals surface area contributed by atoms with Crippen LogP contribution in [0.15, 0.2) is 24.3 Å². The predicted molar refractivity (Wildman–Crippen MR) is 117 cm³/mol. The minimum atomic E-state index is -0.325. The topological polar surface area (TPSA) is 77.6 Å². The number of urea groups is 1. The van der Waals surface area contributed by atoms with Gasteiger partial charge in [-0.15, -0.1) is 0 Å². The summed E-state index contributed by atoms with van der Waals surface area (Å²) in [6.07, 6.45) is 1.49. The summed E-state index contributed by atoms with van der Waals surface area (Å²) in [4.78, 5) is 34.6. The van der Waals surface area contributed by atoms with Gasteiger partial charge < -0.3 is 29.5 Å². The first-order valence-corrected chi connectivity index (χ1v) is 10.9. The maximum atomic E-state index is 13.3. The Bertz CT molecular complexity index is 811. The monoisotopic (exact) mass is 431 g/mol. The van der Waals surface area contributed by atoms with Gasteiger partial charge in [0.2, 0.25) is 5.91 Å². The van der Waals surface area contributed by atoms with Crippen LogP contribution in [-0.2, 0) is 9.53 Å². The third-order valence-corrected chi connectivity index (χ3v) is 6.86. The molecule has 3 saturated heterocycles. The Morgan fingerprint density at radius 2 is 1.97 bits per heavy atom. The second-order valence-corrected chi connectivity index (χ2v) is 8.59. The van der Waals surface area contributed by atoms with Crippen molar-refractivity contribution in [2.75, 3.05) is 72.5 Å². The summed E-state index contributed by atoms with van der Waals surface area (Å²) in [5.74, 6) is 0.896. The van der Waals surface area contributed by atoms with Crippen molar-refractivity contribution in [3.63, 3.8) is 0 Å². The maximum Gasteiger partial charge on any atom is 0.321 e. The number of nitrogens with one attached hydrogen (secondary N) is 1. The van der Waals surface area contributed by atoms with Gasteiger partial charge in [-0.2, -0.15) is 0 Å². The number of methoxy groups -OCH3 is 2. The number of anilines is 1. The molecule has 3 heterocycles. The molecule has 0 saturated carbocycles. The Balaban J connectivity index is 1.46. The van der Waals surface area contributed by atoms with Crippen molar-refractivity contribution in [1.82, 2.24) is 19.6 Å². The molecule has 3 aliphatic rings. The SMILES string of the molecule is COCCN1C(=O)[C@H]2CN(C)CCN2C12CCN(C(=O)Nc1cccc(OC)c1)CC2. The van der Waals surface area contributed by atoms with Crippen LogP contribution in [0.3, 0.4) is 0 Å². The molecule has 1 aromatic rings. The molecule has 1 aromatic carbocycles. The fraction of sp³-hybridized carbons (Fsp3) is 0.636. The lowest BCUT2D eigenvalue weighted by Crippen LogP contribution is -2.64. The first-order chi connectivity index (χ1) is 15.0. The molecule has 0 aliphatic carbocycles. The lowest BCUT2D eigenvalue weighted by atomic mass is 9.93. The predicted octanol–water partition coefficient (Wildman–Crippen LogP) is 1.12. The highest BCUT2D eigenvalue weighted by atomic mass is 16.5. The molecule has 170 valence electrons. The average Bonchev–Trinajstić information content (AvgIpc) is 2.99. The fourth-order valence-corrected chi connectivity index (χ4v) is 5.20. The molecule has 31 heavy (non-hydrogen) atoms. The largest absolute Gasteiger partial charge is 0.497 e. The average molecular weight is 432 g/mol. The summed E-state index contributed by atoms with van der Waals surface area (Å²) in [6.45, 7) is 4.88. The normalized spacial score (nSPS) is 23.8. The van der Waals surface area contributed by atoms with Crippen LogP contribution in [0, 0.1) is 0 Å². The summed E-state index contributed by atoms with van der Waals surface area (Å²) >= 11 is 0. The molecular formula is C22H33N5O4. The number of benzene rings is 1. The standard InChI is InChI=1S/C22H33N5O4/c1-24-11-12-26-19(16-24)20(28)27(13-14-30-2)22(26)7-9-25(10-8-22)21(29)23-17-5-4-6-18(15-17)31-3/h4-6,15,19H,7-14,16H2,1-3H3,(H,23,29)/t19-/m1/s1. The molecule has 0 bridgehead atoms. The van der Waals surface area contributed by atoms with E-state index < -0.39 is 0 Å². The van der Waals surface area contributed by atoms with Gasteiger partial charge in [0.25, 0.3) is 0 Å². The van der Waals surface area contributed by atoms with Crippen LogP contribution in [0.4, 0.5) is 10.5 Å². The van der Waals surface area contributed by atoms with Gasteiger partial charge >= 0.3 is 6.03 Å². The van der Waals surface area contributed by atoms with Gasteiger partial charge in [0.05, 0.1) is 13.7 Å². The van der Waals surface area contributed by atoms with E-state index in [0.29, 0.717) is 37.7 Å². The van der Waals surface area contributed by atoms with E-state index >= 15 is 0 Å². The second-order valence-electron chi connectivity index (χ2n) is 8.59. The number of carbonyl (C=O) groups excluding carboxylic acids is 2. The maximum absolute atomic E-state index is 13.3. The van der Waals surface area contributed by atoms with Crippen LogP contribution >= 0.6 is 0 Å². The van der Waals surface area contributed by atoms with E-state index in [1.807, 2.05) is 28.0 Å². The molecule has 4 rings (SSSR count). The van der Waals surface area contributed by atoms with Crippen molar-refractivity contribution in [3.8, 4) is 5.75 Å². The molecule has 3 fully saturated rings. The zero-order chi connectivity index (χ0) is 22.0.